The van der Waals surface area contributed by atoms with Crippen LogP contribution in [0.4, 0.5) is 5.69 Å². The van der Waals surface area contributed by atoms with Gasteiger partial charge in [-0.05, 0) is 13.0 Å². The monoisotopic (exact) mass is 279 g/mol. The third kappa shape index (κ3) is 2.19. The summed E-state index contributed by atoms with van der Waals surface area (Å²) in [5, 5.41) is 0.953. The van der Waals surface area contributed by atoms with Crippen LogP contribution < -0.4 is 16.0 Å². The molecule has 21 heavy (non-hydrogen) atoms. The van der Waals surface area contributed by atoms with E-state index in [1.54, 1.807) is 7.11 Å². The van der Waals surface area contributed by atoms with E-state index in [1.165, 1.54) is 0 Å². The zero-order valence-corrected chi connectivity index (χ0v) is 12.1. The highest BCUT2D eigenvalue weighted by molar-refractivity contribution is 5.99. The van der Waals surface area contributed by atoms with Crippen LogP contribution in [0.3, 0.4) is 0 Å². The molecular formula is C17H17N3O. The van der Waals surface area contributed by atoms with Gasteiger partial charge in [-0.2, -0.15) is 0 Å². The van der Waals surface area contributed by atoms with Crippen molar-refractivity contribution in [3.8, 4) is 17.0 Å². The second kappa shape index (κ2) is 5.42. The first-order chi connectivity index (χ1) is 10.3. The fraction of sp³-hybridized carbons (Fsp3) is 0.118. The molecule has 0 spiro atoms. The normalized spacial score (nSPS) is 10.6. The molecule has 4 nitrogen and oxygen atoms in total. The van der Waals surface area contributed by atoms with Crippen LogP contribution in [0, 0.1) is 6.92 Å². The van der Waals surface area contributed by atoms with Crippen LogP contribution in [0.25, 0.3) is 22.2 Å². The van der Waals surface area contributed by atoms with Gasteiger partial charge >= 0.3 is 0 Å². The van der Waals surface area contributed by atoms with E-state index < -0.39 is 0 Å². The Morgan fingerprint density at radius 3 is 2.48 bits per heavy atom. The minimum atomic E-state index is 0.737. The molecule has 1 aromatic heterocycles. The molecule has 0 radical (unpaired) electrons. The molecule has 4 heteroatoms. The molecule has 3 rings (SSSR count). The van der Waals surface area contributed by atoms with Crippen molar-refractivity contribution in [1.29, 1.82) is 0 Å². The van der Waals surface area contributed by atoms with Crippen LogP contribution >= 0.6 is 0 Å². The summed E-state index contributed by atoms with van der Waals surface area (Å²) in [5.74, 6) is 6.47. The molecule has 0 fully saturated rings. The number of hydrazine groups is 1. The summed E-state index contributed by atoms with van der Waals surface area (Å²) in [7, 11) is 1.65. The van der Waals surface area contributed by atoms with E-state index in [1.807, 2.05) is 55.5 Å². The van der Waals surface area contributed by atoms with Crippen LogP contribution in [0.1, 0.15) is 5.56 Å². The number of nitrogen functional groups attached to an aromatic ring is 1. The number of aromatic nitrogens is 1. The number of methoxy groups -OCH3 is 1. The second-order valence-corrected chi connectivity index (χ2v) is 4.83. The molecule has 3 N–H and O–H groups in total. The Bertz CT molecular complexity index is 785. The minimum absolute atomic E-state index is 0.737. The Kier molecular flexibility index (Phi) is 3.46. The van der Waals surface area contributed by atoms with E-state index in [9.17, 15) is 0 Å². The van der Waals surface area contributed by atoms with Gasteiger partial charge in [0.1, 0.15) is 11.3 Å². The number of para-hydroxylation sites is 1. The summed E-state index contributed by atoms with van der Waals surface area (Å²) in [4.78, 5) is 4.80. The Balaban J connectivity index is 2.39. The maximum Gasteiger partial charge on any atom is 0.145 e. The van der Waals surface area contributed by atoms with Gasteiger partial charge in [0.05, 0.1) is 18.5 Å². The fourth-order valence-corrected chi connectivity index (χ4v) is 2.58. The number of benzene rings is 2. The number of nitrogens with two attached hydrogens (primary N) is 1. The van der Waals surface area contributed by atoms with Crippen molar-refractivity contribution in [2.45, 2.75) is 6.92 Å². The number of pyridine rings is 1. The van der Waals surface area contributed by atoms with E-state index in [0.717, 1.165) is 39.2 Å². The number of nitrogens with one attached hydrogen (secondary N) is 1. The maximum absolute atomic E-state index is 5.74. The largest absolute Gasteiger partial charge is 0.494 e. The van der Waals surface area contributed by atoms with Crippen LogP contribution in [0.5, 0.6) is 5.75 Å². The van der Waals surface area contributed by atoms with E-state index in [2.05, 4.69) is 5.43 Å². The van der Waals surface area contributed by atoms with Crippen molar-refractivity contribution in [2.24, 2.45) is 5.84 Å². The van der Waals surface area contributed by atoms with Gasteiger partial charge in [0.15, 0.2) is 0 Å². The Morgan fingerprint density at radius 2 is 1.81 bits per heavy atom. The number of fused-ring (bicyclic) bond motifs is 1. The first-order valence-corrected chi connectivity index (χ1v) is 6.75. The number of nitrogens with zero attached hydrogens (tertiary/aromatic N) is 1. The molecule has 0 bridgehead atoms. The third-order valence-corrected chi connectivity index (χ3v) is 3.63. The molecule has 106 valence electrons. The highest BCUT2D eigenvalue weighted by Gasteiger charge is 2.14. The average molecular weight is 279 g/mol. The minimum Gasteiger partial charge on any atom is -0.494 e. The lowest BCUT2D eigenvalue weighted by atomic mass is 10.0. The summed E-state index contributed by atoms with van der Waals surface area (Å²) >= 11 is 0. The van der Waals surface area contributed by atoms with Gasteiger partial charge in [-0.25, -0.2) is 4.98 Å². The van der Waals surface area contributed by atoms with Crippen LogP contribution in [-0.2, 0) is 0 Å². The molecule has 0 saturated carbocycles. The van der Waals surface area contributed by atoms with Gasteiger partial charge in [-0.15, -0.1) is 0 Å². The lowest BCUT2D eigenvalue weighted by Crippen LogP contribution is -2.10. The molecule has 0 aliphatic heterocycles. The van der Waals surface area contributed by atoms with Gasteiger partial charge in [-0.3, -0.25) is 5.84 Å². The molecule has 1 heterocycles. The topological polar surface area (TPSA) is 60.2 Å². The van der Waals surface area contributed by atoms with Crippen LogP contribution in [0.15, 0.2) is 48.5 Å². The molecule has 0 aliphatic carbocycles. The zero-order chi connectivity index (χ0) is 14.8. The zero-order valence-electron chi connectivity index (χ0n) is 12.1. The highest BCUT2D eigenvalue weighted by Crippen LogP contribution is 2.36. The second-order valence-electron chi connectivity index (χ2n) is 4.83. The van der Waals surface area contributed by atoms with Crippen molar-refractivity contribution in [2.75, 3.05) is 12.5 Å². The first kappa shape index (κ1) is 13.4. The highest BCUT2D eigenvalue weighted by atomic mass is 16.5. The molecule has 3 aromatic rings. The number of hydrogen-bond acceptors (Lipinski definition) is 4. The van der Waals surface area contributed by atoms with Gasteiger partial charge in [0.2, 0.25) is 0 Å². The van der Waals surface area contributed by atoms with Crippen molar-refractivity contribution in [3.63, 3.8) is 0 Å². The van der Waals surface area contributed by atoms with Crippen molar-refractivity contribution < 1.29 is 4.74 Å². The Hall–Kier alpha value is -2.59. The smallest absolute Gasteiger partial charge is 0.145 e. The predicted molar refractivity (Wildman–Crippen MR) is 86.3 cm³/mol. The summed E-state index contributed by atoms with van der Waals surface area (Å²) in [6, 6.07) is 15.9. The van der Waals surface area contributed by atoms with Gasteiger partial charge < -0.3 is 10.2 Å². The molecule has 0 unspecified atom stereocenters. The quantitative estimate of drug-likeness (QED) is 0.569. The van der Waals surface area contributed by atoms with Crippen LogP contribution in [-0.4, -0.2) is 12.1 Å². The lowest BCUT2D eigenvalue weighted by molar-refractivity contribution is 0.419. The fourth-order valence-electron chi connectivity index (χ4n) is 2.58. The van der Waals surface area contributed by atoms with E-state index >= 15 is 0 Å². The number of ether oxygens (including phenoxy) is 1. The third-order valence-electron chi connectivity index (χ3n) is 3.63. The van der Waals surface area contributed by atoms with Crippen LogP contribution in [0.2, 0.25) is 0 Å². The van der Waals surface area contributed by atoms with Gasteiger partial charge in [-0.1, -0.05) is 42.5 Å². The molecule has 0 amide bonds. The van der Waals surface area contributed by atoms with E-state index in [4.69, 9.17) is 15.6 Å². The molecule has 0 aliphatic rings. The van der Waals surface area contributed by atoms with Gasteiger partial charge in [0.25, 0.3) is 0 Å². The molecular weight excluding hydrogens is 262 g/mol. The number of rotatable bonds is 3. The van der Waals surface area contributed by atoms with Crippen molar-refractivity contribution in [3.05, 3.63) is 54.1 Å². The molecule has 0 saturated heterocycles. The average Bonchev–Trinajstić information content (AvgIpc) is 2.54. The Morgan fingerprint density at radius 1 is 1.05 bits per heavy atom. The summed E-state index contributed by atoms with van der Waals surface area (Å²) in [6.07, 6.45) is 0. The van der Waals surface area contributed by atoms with E-state index in [0.29, 0.717) is 0 Å². The summed E-state index contributed by atoms with van der Waals surface area (Å²) in [6.45, 7) is 2.02. The van der Waals surface area contributed by atoms with E-state index in [-0.39, 0.29) is 0 Å². The Labute approximate surface area is 123 Å². The first-order valence-electron chi connectivity index (χ1n) is 6.75. The standard InChI is InChI=1S/C17H17N3O/c1-11-15(12-7-4-3-5-8-12)19-17-13(16(11)20-18)9-6-10-14(17)21-2/h3-10H,18H2,1-2H3,(H,19,20). The van der Waals surface area contributed by atoms with Crippen molar-refractivity contribution >= 4 is 16.6 Å². The lowest BCUT2D eigenvalue weighted by Gasteiger charge is -2.15. The summed E-state index contributed by atoms with van der Waals surface area (Å²) < 4.78 is 5.43. The molecule has 2 aromatic carbocycles. The number of anilines is 1. The number of hydrogen-bond donors (Lipinski definition) is 2. The maximum atomic E-state index is 5.74. The summed E-state index contributed by atoms with van der Waals surface area (Å²) in [5.41, 5.74) is 7.46. The molecule has 0 atom stereocenters. The van der Waals surface area contributed by atoms with Crippen molar-refractivity contribution in [1.82, 2.24) is 4.98 Å². The SMILES string of the molecule is COc1cccc2c(NN)c(C)c(-c3ccccc3)nc12. The van der Waals surface area contributed by atoms with Gasteiger partial charge in [0, 0.05) is 16.5 Å². The predicted octanol–water partition coefficient (Wildman–Crippen LogP) is 3.50.